The monoisotopic (exact) mass is 508 g/mol. The molecule has 0 spiro atoms. The van der Waals surface area contributed by atoms with Gasteiger partial charge in [0.25, 0.3) is 0 Å². The SMILES string of the molecule is CC(C)(C)NC(=O)[C@H](Cc1ccccc1)N(Cc1ccccc1)C(=O)CSCc1cccc(Cl)c1. The van der Waals surface area contributed by atoms with Crippen molar-refractivity contribution in [3.05, 3.63) is 107 Å². The van der Waals surface area contributed by atoms with Gasteiger partial charge >= 0.3 is 0 Å². The van der Waals surface area contributed by atoms with Crippen LogP contribution in [0.1, 0.15) is 37.5 Å². The fourth-order valence-electron chi connectivity index (χ4n) is 3.75. The van der Waals surface area contributed by atoms with Gasteiger partial charge in [-0.3, -0.25) is 9.59 Å². The first-order chi connectivity index (χ1) is 16.7. The van der Waals surface area contributed by atoms with Crippen LogP contribution in [0.15, 0.2) is 84.9 Å². The molecule has 1 N–H and O–H groups in total. The second kappa shape index (κ2) is 12.8. The Bertz CT molecular complexity index is 1100. The predicted molar refractivity (Wildman–Crippen MR) is 146 cm³/mol. The van der Waals surface area contributed by atoms with Gasteiger partial charge in [0.05, 0.1) is 5.75 Å². The fraction of sp³-hybridized carbons (Fsp3) is 0.310. The zero-order valence-corrected chi connectivity index (χ0v) is 22.1. The van der Waals surface area contributed by atoms with Crippen molar-refractivity contribution in [2.75, 3.05) is 5.75 Å². The van der Waals surface area contributed by atoms with Gasteiger partial charge in [0.15, 0.2) is 0 Å². The third-order valence-corrected chi connectivity index (χ3v) is 6.57. The first-order valence-corrected chi connectivity index (χ1v) is 13.3. The molecule has 0 aromatic heterocycles. The zero-order valence-electron chi connectivity index (χ0n) is 20.5. The van der Waals surface area contributed by atoms with E-state index >= 15 is 0 Å². The Morgan fingerprint density at radius 3 is 2.09 bits per heavy atom. The fourth-order valence-corrected chi connectivity index (χ4v) is 4.82. The lowest BCUT2D eigenvalue weighted by molar-refractivity contribution is -0.140. The number of carbonyl (C=O) groups excluding carboxylic acids is 2. The van der Waals surface area contributed by atoms with E-state index in [4.69, 9.17) is 11.6 Å². The minimum atomic E-state index is -0.629. The molecule has 0 aliphatic carbocycles. The number of carbonyl (C=O) groups is 2. The Morgan fingerprint density at radius 1 is 0.886 bits per heavy atom. The molecule has 0 radical (unpaired) electrons. The summed E-state index contributed by atoms with van der Waals surface area (Å²) in [5.41, 5.74) is 2.66. The van der Waals surface area contributed by atoms with Crippen LogP contribution >= 0.6 is 23.4 Å². The van der Waals surface area contributed by atoms with Crippen LogP contribution in [0.25, 0.3) is 0 Å². The molecule has 0 fully saturated rings. The first-order valence-electron chi connectivity index (χ1n) is 11.7. The maximum atomic E-state index is 13.6. The number of nitrogens with one attached hydrogen (secondary N) is 1. The molecule has 3 aromatic rings. The minimum absolute atomic E-state index is 0.0640. The van der Waals surface area contributed by atoms with Crippen molar-refractivity contribution in [2.45, 2.75) is 51.1 Å². The number of hydrogen-bond acceptors (Lipinski definition) is 3. The summed E-state index contributed by atoms with van der Waals surface area (Å²) in [7, 11) is 0. The van der Waals surface area contributed by atoms with Gasteiger partial charge in [-0.15, -0.1) is 11.8 Å². The Morgan fingerprint density at radius 2 is 1.49 bits per heavy atom. The molecule has 2 amide bonds. The number of rotatable bonds is 10. The summed E-state index contributed by atoms with van der Waals surface area (Å²) in [6.07, 6.45) is 0.445. The van der Waals surface area contributed by atoms with E-state index in [1.807, 2.05) is 106 Å². The zero-order chi connectivity index (χ0) is 25.3. The van der Waals surface area contributed by atoms with Crippen LogP contribution in [-0.4, -0.2) is 34.0 Å². The molecule has 0 unspecified atom stereocenters. The average molecular weight is 509 g/mol. The molecular weight excluding hydrogens is 476 g/mol. The first kappa shape index (κ1) is 26.8. The van der Waals surface area contributed by atoms with E-state index in [0.29, 0.717) is 23.7 Å². The van der Waals surface area contributed by atoms with Crippen molar-refractivity contribution in [1.82, 2.24) is 10.2 Å². The molecule has 0 bridgehead atoms. The molecule has 1 atom stereocenters. The topological polar surface area (TPSA) is 49.4 Å². The van der Waals surface area contributed by atoms with Gasteiger partial charge in [-0.1, -0.05) is 84.4 Å². The number of hydrogen-bond donors (Lipinski definition) is 1. The minimum Gasteiger partial charge on any atom is -0.350 e. The number of amides is 2. The van der Waals surface area contributed by atoms with E-state index in [2.05, 4.69) is 5.32 Å². The summed E-state index contributed by atoms with van der Waals surface area (Å²) in [5, 5.41) is 3.78. The summed E-state index contributed by atoms with van der Waals surface area (Å²) < 4.78 is 0. The second-order valence-corrected chi connectivity index (χ2v) is 11.0. The van der Waals surface area contributed by atoms with Crippen LogP contribution < -0.4 is 5.32 Å². The van der Waals surface area contributed by atoms with Crippen molar-refractivity contribution < 1.29 is 9.59 Å². The quantitative estimate of drug-likeness (QED) is 0.358. The molecular formula is C29H33ClN2O2S. The Balaban J connectivity index is 1.84. The lowest BCUT2D eigenvalue weighted by atomic mass is 10.0. The van der Waals surface area contributed by atoms with E-state index in [9.17, 15) is 9.59 Å². The van der Waals surface area contributed by atoms with E-state index in [0.717, 1.165) is 16.7 Å². The molecule has 4 nitrogen and oxygen atoms in total. The molecule has 0 saturated heterocycles. The van der Waals surface area contributed by atoms with Gasteiger partial charge in [-0.25, -0.2) is 0 Å². The maximum Gasteiger partial charge on any atom is 0.243 e. The van der Waals surface area contributed by atoms with Gasteiger partial charge in [-0.05, 0) is 49.6 Å². The summed E-state index contributed by atoms with van der Waals surface area (Å²) in [5.74, 6) is 0.729. The van der Waals surface area contributed by atoms with Crippen molar-refractivity contribution in [3.63, 3.8) is 0 Å². The van der Waals surface area contributed by atoms with Crippen molar-refractivity contribution in [1.29, 1.82) is 0 Å². The molecule has 0 saturated carbocycles. The van der Waals surface area contributed by atoms with Crippen LogP contribution in [0.3, 0.4) is 0 Å². The number of thioether (sulfide) groups is 1. The Kier molecular flexibility index (Phi) is 9.82. The van der Waals surface area contributed by atoms with Crippen molar-refractivity contribution >= 4 is 35.2 Å². The Labute approximate surface area is 218 Å². The van der Waals surface area contributed by atoms with Crippen LogP contribution in [0, 0.1) is 0 Å². The second-order valence-electron chi connectivity index (χ2n) is 9.57. The number of nitrogens with zero attached hydrogens (tertiary/aromatic N) is 1. The number of halogens is 1. The van der Waals surface area contributed by atoms with E-state index in [1.54, 1.807) is 4.90 Å². The predicted octanol–water partition coefficient (Wildman–Crippen LogP) is 6.13. The van der Waals surface area contributed by atoms with Crippen LogP contribution in [0.5, 0.6) is 0 Å². The van der Waals surface area contributed by atoms with Crippen molar-refractivity contribution in [3.8, 4) is 0 Å². The lowest BCUT2D eigenvalue weighted by Gasteiger charge is -2.34. The summed E-state index contributed by atoms with van der Waals surface area (Å²) in [6.45, 7) is 6.23. The maximum absolute atomic E-state index is 13.6. The summed E-state index contributed by atoms with van der Waals surface area (Å²) in [4.78, 5) is 28.8. The summed E-state index contributed by atoms with van der Waals surface area (Å²) >= 11 is 7.63. The van der Waals surface area contributed by atoms with Crippen molar-refractivity contribution in [2.24, 2.45) is 0 Å². The number of benzene rings is 3. The summed E-state index contributed by atoms with van der Waals surface area (Å²) in [6, 6.07) is 26.7. The van der Waals surface area contributed by atoms with E-state index in [-0.39, 0.29) is 17.6 Å². The van der Waals surface area contributed by atoms with Gasteiger partial charge in [0, 0.05) is 29.3 Å². The molecule has 6 heteroatoms. The molecule has 3 rings (SSSR count). The standard InChI is InChI=1S/C29H33ClN2O2S/c1-29(2,3)31-28(34)26(18-22-11-6-4-7-12-22)32(19-23-13-8-5-9-14-23)27(33)21-35-20-24-15-10-16-25(30)17-24/h4-17,26H,18-21H2,1-3H3,(H,31,34)/t26-/m0/s1. The van der Waals surface area contributed by atoms with E-state index in [1.165, 1.54) is 11.8 Å². The lowest BCUT2D eigenvalue weighted by Crippen LogP contribution is -2.54. The van der Waals surface area contributed by atoms with E-state index < -0.39 is 11.6 Å². The third kappa shape index (κ3) is 9.08. The largest absolute Gasteiger partial charge is 0.350 e. The molecule has 0 heterocycles. The highest BCUT2D eigenvalue weighted by atomic mass is 35.5. The third-order valence-electron chi connectivity index (χ3n) is 5.35. The molecule has 0 aliphatic rings. The smallest absolute Gasteiger partial charge is 0.243 e. The molecule has 184 valence electrons. The van der Waals surface area contributed by atoms with Crippen LogP contribution in [0.4, 0.5) is 0 Å². The molecule has 0 aliphatic heterocycles. The van der Waals surface area contributed by atoms with Crippen LogP contribution in [-0.2, 0) is 28.3 Å². The molecule has 3 aromatic carbocycles. The highest BCUT2D eigenvalue weighted by molar-refractivity contribution is 7.99. The molecule has 35 heavy (non-hydrogen) atoms. The highest BCUT2D eigenvalue weighted by Gasteiger charge is 2.32. The van der Waals surface area contributed by atoms with Gasteiger partial charge < -0.3 is 10.2 Å². The van der Waals surface area contributed by atoms with Gasteiger partial charge in [0.2, 0.25) is 11.8 Å². The van der Waals surface area contributed by atoms with Gasteiger partial charge in [0.1, 0.15) is 6.04 Å². The Hall–Kier alpha value is -2.76. The normalized spacial score (nSPS) is 12.1. The van der Waals surface area contributed by atoms with Crippen LogP contribution in [0.2, 0.25) is 5.02 Å². The highest BCUT2D eigenvalue weighted by Crippen LogP contribution is 2.20. The van der Waals surface area contributed by atoms with Gasteiger partial charge in [-0.2, -0.15) is 0 Å². The average Bonchev–Trinajstić information content (AvgIpc) is 2.81.